The molecule has 3 nitrogen and oxygen atoms in total. The van der Waals surface area contributed by atoms with Crippen molar-refractivity contribution in [1.29, 1.82) is 0 Å². The molecule has 2 heterocycles. The summed E-state index contributed by atoms with van der Waals surface area (Å²) in [5.41, 5.74) is 5.39. The SMILES string of the molecule is Cc1cc(CCC(=O)NCc2cncc(-c3ccsc3)c2)ccc1Cl. The maximum Gasteiger partial charge on any atom is 0.220 e. The lowest BCUT2D eigenvalue weighted by atomic mass is 10.1. The summed E-state index contributed by atoms with van der Waals surface area (Å²) in [5, 5.41) is 7.86. The Kier molecular flexibility index (Phi) is 5.84. The molecule has 0 aliphatic carbocycles. The lowest BCUT2D eigenvalue weighted by molar-refractivity contribution is -0.121. The van der Waals surface area contributed by atoms with Crippen molar-refractivity contribution in [2.75, 3.05) is 0 Å². The van der Waals surface area contributed by atoms with E-state index in [0.29, 0.717) is 19.4 Å². The van der Waals surface area contributed by atoms with E-state index in [2.05, 4.69) is 27.8 Å². The van der Waals surface area contributed by atoms with Crippen molar-refractivity contribution in [2.24, 2.45) is 0 Å². The summed E-state index contributed by atoms with van der Waals surface area (Å²) in [4.78, 5) is 16.4. The Balaban J connectivity index is 1.52. The van der Waals surface area contributed by atoms with Crippen LogP contribution in [0.3, 0.4) is 0 Å². The summed E-state index contributed by atoms with van der Waals surface area (Å²) in [6.45, 7) is 2.46. The van der Waals surface area contributed by atoms with Gasteiger partial charge in [0, 0.05) is 35.9 Å². The molecule has 3 rings (SSSR count). The van der Waals surface area contributed by atoms with Crippen LogP contribution in [0.15, 0.2) is 53.5 Å². The molecule has 0 aliphatic heterocycles. The number of benzene rings is 1. The Bertz CT molecular complexity index is 862. The quantitative estimate of drug-likeness (QED) is 0.661. The first kappa shape index (κ1) is 17.6. The Morgan fingerprint density at radius 2 is 2.04 bits per heavy atom. The van der Waals surface area contributed by atoms with Crippen molar-refractivity contribution in [3.63, 3.8) is 0 Å². The van der Waals surface area contributed by atoms with Crippen LogP contribution in [0.4, 0.5) is 0 Å². The number of thiophene rings is 1. The summed E-state index contributed by atoms with van der Waals surface area (Å²) in [5.74, 6) is 0.0357. The Morgan fingerprint density at radius 1 is 1.16 bits per heavy atom. The molecule has 0 bridgehead atoms. The molecule has 0 radical (unpaired) electrons. The average molecular weight is 371 g/mol. The molecule has 1 aromatic carbocycles. The molecular formula is C20H19ClN2OS. The van der Waals surface area contributed by atoms with Gasteiger partial charge in [-0.1, -0.05) is 23.7 Å². The zero-order valence-corrected chi connectivity index (χ0v) is 15.5. The van der Waals surface area contributed by atoms with E-state index in [0.717, 1.165) is 32.8 Å². The van der Waals surface area contributed by atoms with Gasteiger partial charge in [-0.05, 0) is 64.6 Å². The standard InChI is InChI=1S/C20H19ClN2OS/c1-14-8-15(2-4-19(14)21)3-5-20(24)23-11-16-9-18(12-22-10-16)17-6-7-25-13-17/h2,4,6-10,12-13H,3,5,11H2,1H3,(H,23,24). The number of rotatable bonds is 6. The normalized spacial score (nSPS) is 10.6. The number of hydrogen-bond acceptors (Lipinski definition) is 3. The van der Waals surface area contributed by atoms with E-state index >= 15 is 0 Å². The third-order valence-corrected chi connectivity index (χ3v) is 5.11. The van der Waals surface area contributed by atoms with Gasteiger partial charge in [-0.25, -0.2) is 0 Å². The lowest BCUT2D eigenvalue weighted by Crippen LogP contribution is -2.23. The summed E-state index contributed by atoms with van der Waals surface area (Å²) < 4.78 is 0. The van der Waals surface area contributed by atoms with Crippen LogP contribution in [0.2, 0.25) is 5.02 Å². The molecule has 128 valence electrons. The zero-order valence-electron chi connectivity index (χ0n) is 14.0. The minimum atomic E-state index is 0.0357. The Morgan fingerprint density at radius 3 is 2.80 bits per heavy atom. The van der Waals surface area contributed by atoms with Crippen LogP contribution >= 0.6 is 22.9 Å². The molecule has 5 heteroatoms. The number of amides is 1. The molecule has 25 heavy (non-hydrogen) atoms. The van der Waals surface area contributed by atoms with Crippen LogP contribution in [-0.4, -0.2) is 10.9 Å². The molecule has 0 saturated heterocycles. The van der Waals surface area contributed by atoms with Crippen molar-refractivity contribution in [3.8, 4) is 11.1 Å². The van der Waals surface area contributed by atoms with Gasteiger partial charge in [-0.2, -0.15) is 11.3 Å². The number of nitrogens with zero attached hydrogens (tertiary/aromatic N) is 1. The zero-order chi connectivity index (χ0) is 17.6. The maximum atomic E-state index is 12.1. The predicted octanol–water partition coefficient (Wildman–Crippen LogP) is 5.02. The van der Waals surface area contributed by atoms with Crippen LogP contribution in [-0.2, 0) is 17.8 Å². The van der Waals surface area contributed by atoms with E-state index in [1.54, 1.807) is 17.5 Å². The second-order valence-electron chi connectivity index (χ2n) is 5.95. The summed E-state index contributed by atoms with van der Waals surface area (Å²) >= 11 is 7.69. The van der Waals surface area contributed by atoms with Gasteiger partial charge in [-0.15, -0.1) is 0 Å². The van der Waals surface area contributed by atoms with Crippen molar-refractivity contribution < 1.29 is 4.79 Å². The number of aryl methyl sites for hydroxylation is 2. The highest BCUT2D eigenvalue weighted by molar-refractivity contribution is 7.08. The predicted molar refractivity (Wildman–Crippen MR) is 104 cm³/mol. The van der Waals surface area contributed by atoms with Gasteiger partial charge >= 0.3 is 0 Å². The van der Waals surface area contributed by atoms with E-state index in [1.165, 1.54) is 0 Å². The number of halogens is 1. The highest BCUT2D eigenvalue weighted by Gasteiger charge is 2.05. The minimum Gasteiger partial charge on any atom is -0.352 e. The van der Waals surface area contributed by atoms with Crippen molar-refractivity contribution in [1.82, 2.24) is 10.3 Å². The third kappa shape index (κ3) is 4.91. The van der Waals surface area contributed by atoms with Gasteiger partial charge in [0.05, 0.1) is 0 Å². The van der Waals surface area contributed by atoms with Crippen molar-refractivity contribution in [2.45, 2.75) is 26.3 Å². The molecule has 0 saturated carbocycles. The lowest BCUT2D eigenvalue weighted by Gasteiger charge is -2.07. The number of carbonyl (C=O) groups is 1. The molecule has 0 atom stereocenters. The molecule has 0 spiro atoms. The molecule has 0 fully saturated rings. The maximum absolute atomic E-state index is 12.1. The molecule has 1 amide bonds. The fraction of sp³-hybridized carbons (Fsp3) is 0.200. The molecule has 0 aliphatic rings. The van der Waals surface area contributed by atoms with Crippen molar-refractivity contribution >= 4 is 28.8 Å². The first-order valence-corrected chi connectivity index (χ1v) is 9.42. The number of carbonyl (C=O) groups excluding carboxylic acids is 1. The largest absolute Gasteiger partial charge is 0.352 e. The van der Waals surface area contributed by atoms with E-state index in [4.69, 9.17) is 11.6 Å². The van der Waals surface area contributed by atoms with Crippen LogP contribution in [0.5, 0.6) is 0 Å². The highest BCUT2D eigenvalue weighted by atomic mass is 35.5. The first-order valence-electron chi connectivity index (χ1n) is 8.10. The summed E-state index contributed by atoms with van der Waals surface area (Å²) in [7, 11) is 0. The van der Waals surface area contributed by atoms with Crippen LogP contribution in [0.25, 0.3) is 11.1 Å². The number of nitrogens with one attached hydrogen (secondary N) is 1. The monoisotopic (exact) mass is 370 g/mol. The highest BCUT2D eigenvalue weighted by Crippen LogP contribution is 2.22. The van der Waals surface area contributed by atoms with E-state index in [9.17, 15) is 4.79 Å². The first-order chi connectivity index (χ1) is 12.1. The second-order valence-corrected chi connectivity index (χ2v) is 7.14. The van der Waals surface area contributed by atoms with Gasteiger partial charge in [0.25, 0.3) is 0 Å². The number of hydrogen-bond donors (Lipinski definition) is 1. The molecule has 0 unspecified atom stereocenters. The molecule has 1 N–H and O–H groups in total. The Labute approximate surface area is 156 Å². The van der Waals surface area contributed by atoms with Gasteiger partial charge in [0.15, 0.2) is 0 Å². The van der Waals surface area contributed by atoms with Gasteiger partial charge in [-0.3, -0.25) is 9.78 Å². The average Bonchev–Trinajstić information content (AvgIpc) is 3.16. The molecule has 2 aromatic heterocycles. The summed E-state index contributed by atoms with van der Waals surface area (Å²) in [6, 6.07) is 10.0. The Hall–Kier alpha value is -2.17. The van der Waals surface area contributed by atoms with Crippen LogP contribution in [0, 0.1) is 6.92 Å². The van der Waals surface area contributed by atoms with Crippen LogP contribution < -0.4 is 5.32 Å². The smallest absolute Gasteiger partial charge is 0.220 e. The fourth-order valence-electron chi connectivity index (χ4n) is 2.58. The second kappa shape index (κ2) is 8.28. The van der Waals surface area contributed by atoms with Gasteiger partial charge in [0.2, 0.25) is 5.91 Å². The van der Waals surface area contributed by atoms with E-state index in [-0.39, 0.29) is 5.91 Å². The third-order valence-electron chi connectivity index (χ3n) is 4.00. The van der Waals surface area contributed by atoms with E-state index < -0.39 is 0 Å². The van der Waals surface area contributed by atoms with Crippen LogP contribution in [0.1, 0.15) is 23.1 Å². The summed E-state index contributed by atoms with van der Waals surface area (Å²) in [6.07, 6.45) is 4.80. The number of aromatic nitrogens is 1. The fourth-order valence-corrected chi connectivity index (χ4v) is 3.36. The molecular weight excluding hydrogens is 352 g/mol. The van der Waals surface area contributed by atoms with Gasteiger partial charge < -0.3 is 5.32 Å². The molecule has 3 aromatic rings. The van der Waals surface area contributed by atoms with E-state index in [1.807, 2.05) is 36.7 Å². The topological polar surface area (TPSA) is 42.0 Å². The number of pyridine rings is 1. The minimum absolute atomic E-state index is 0.0357. The van der Waals surface area contributed by atoms with Gasteiger partial charge in [0.1, 0.15) is 0 Å². The van der Waals surface area contributed by atoms with Crippen molar-refractivity contribution in [3.05, 3.63) is 75.2 Å².